The number of rotatable bonds is 6. The number of para-hydroxylation sites is 3. The van der Waals surface area contributed by atoms with Crippen molar-refractivity contribution >= 4 is 23.0 Å². The highest BCUT2D eigenvalue weighted by Gasteiger charge is 2.16. The third kappa shape index (κ3) is 4.61. The average molecular weight is 446 g/mol. The van der Waals surface area contributed by atoms with Gasteiger partial charge in [0.15, 0.2) is 0 Å². The molecule has 3 aromatic carbocycles. The Kier molecular flexibility index (Phi) is 5.95. The minimum absolute atomic E-state index is 0.124. The van der Waals surface area contributed by atoms with Gasteiger partial charge < -0.3 is 4.90 Å². The molecule has 2 aromatic heterocycles. The van der Waals surface area contributed by atoms with Crippen molar-refractivity contribution in [1.82, 2.24) is 24.6 Å². The topological polar surface area (TPSA) is 63.9 Å². The van der Waals surface area contributed by atoms with Crippen LogP contribution in [0.3, 0.4) is 0 Å². The van der Waals surface area contributed by atoms with E-state index < -0.39 is 0 Å². The van der Waals surface area contributed by atoms with Crippen LogP contribution in [0.2, 0.25) is 0 Å². The molecule has 6 nitrogen and oxygen atoms in total. The van der Waals surface area contributed by atoms with Gasteiger partial charge >= 0.3 is 0 Å². The van der Waals surface area contributed by atoms with Crippen LogP contribution in [0.4, 0.5) is 0 Å². The molecule has 0 atom stereocenters. The molecule has 0 aliphatic carbocycles. The second kappa shape index (κ2) is 9.50. The van der Waals surface area contributed by atoms with Gasteiger partial charge in [-0.25, -0.2) is 9.67 Å². The first-order valence-electron chi connectivity index (χ1n) is 11.0. The van der Waals surface area contributed by atoms with Crippen molar-refractivity contribution in [2.24, 2.45) is 0 Å². The first kappa shape index (κ1) is 21.3. The maximum absolute atomic E-state index is 12.9. The number of nitrogens with zero attached hydrogens (tertiary/aromatic N) is 5. The number of aromatic nitrogens is 4. The van der Waals surface area contributed by atoms with Gasteiger partial charge in [0.1, 0.15) is 0 Å². The van der Waals surface area contributed by atoms with Crippen molar-refractivity contribution in [3.8, 4) is 16.9 Å². The fraction of sp³-hybridized carbons (Fsp3) is 0.0714. The first-order chi connectivity index (χ1) is 16.7. The zero-order valence-electron chi connectivity index (χ0n) is 18.7. The van der Waals surface area contributed by atoms with Gasteiger partial charge in [0.05, 0.1) is 34.3 Å². The van der Waals surface area contributed by atoms with Gasteiger partial charge in [0, 0.05) is 37.0 Å². The fourth-order valence-electron chi connectivity index (χ4n) is 3.75. The molecule has 1 amide bonds. The standard InChI is InChI=1S/C28H23N5O/c1-32(27(34)17-16-23-18-29-25-14-8-9-15-26(25)30-23)19-22-20-33(24-12-6-3-7-13-24)31-28(22)21-10-4-2-5-11-21/h2-18,20H,19H2,1H3/b17-16+. The second-order valence-electron chi connectivity index (χ2n) is 7.96. The van der Waals surface area contributed by atoms with Gasteiger partial charge in [0.25, 0.3) is 0 Å². The summed E-state index contributed by atoms with van der Waals surface area (Å²) >= 11 is 0. The van der Waals surface area contributed by atoms with E-state index in [1.54, 1.807) is 24.2 Å². The average Bonchev–Trinajstić information content (AvgIpc) is 3.32. The van der Waals surface area contributed by atoms with Gasteiger partial charge in [-0.15, -0.1) is 0 Å². The molecule has 5 aromatic rings. The number of carbonyl (C=O) groups excluding carboxylic acids is 1. The van der Waals surface area contributed by atoms with E-state index in [9.17, 15) is 4.79 Å². The number of carbonyl (C=O) groups is 1. The summed E-state index contributed by atoms with van der Waals surface area (Å²) in [5, 5.41) is 4.83. The van der Waals surface area contributed by atoms with Crippen molar-refractivity contribution in [3.63, 3.8) is 0 Å². The molecule has 34 heavy (non-hydrogen) atoms. The maximum Gasteiger partial charge on any atom is 0.246 e. The minimum atomic E-state index is -0.124. The van der Waals surface area contributed by atoms with Crippen LogP contribution in [0.1, 0.15) is 11.3 Å². The molecule has 0 fully saturated rings. The van der Waals surface area contributed by atoms with Crippen LogP contribution in [0.5, 0.6) is 0 Å². The molecule has 0 aliphatic heterocycles. The number of likely N-dealkylation sites (N-methyl/N-ethyl adjacent to an activating group) is 1. The lowest BCUT2D eigenvalue weighted by Crippen LogP contribution is -2.24. The van der Waals surface area contributed by atoms with Crippen LogP contribution in [0, 0.1) is 0 Å². The molecule has 0 spiro atoms. The summed E-state index contributed by atoms with van der Waals surface area (Å²) in [6, 6.07) is 27.6. The van der Waals surface area contributed by atoms with E-state index in [-0.39, 0.29) is 5.91 Å². The summed E-state index contributed by atoms with van der Waals surface area (Å²) in [5.74, 6) is -0.124. The Morgan fingerprint density at radius 1 is 0.912 bits per heavy atom. The number of hydrogen-bond acceptors (Lipinski definition) is 4. The van der Waals surface area contributed by atoms with Crippen molar-refractivity contribution in [2.45, 2.75) is 6.54 Å². The molecule has 0 N–H and O–H groups in total. The quantitative estimate of drug-likeness (QED) is 0.339. The fourth-order valence-corrected chi connectivity index (χ4v) is 3.75. The van der Waals surface area contributed by atoms with Gasteiger partial charge in [-0.3, -0.25) is 9.78 Å². The van der Waals surface area contributed by atoms with E-state index in [1.807, 2.05) is 95.8 Å². The Morgan fingerprint density at radius 2 is 1.59 bits per heavy atom. The molecule has 6 heteroatoms. The molecule has 0 unspecified atom stereocenters. The SMILES string of the molecule is CN(Cc1cn(-c2ccccc2)nc1-c1ccccc1)C(=O)/C=C/c1cnc2ccccc2n1. The molecule has 2 heterocycles. The van der Waals surface area contributed by atoms with Crippen molar-refractivity contribution in [2.75, 3.05) is 7.05 Å². The van der Waals surface area contributed by atoms with Crippen LogP contribution < -0.4 is 0 Å². The van der Waals surface area contributed by atoms with Crippen LogP contribution in [-0.4, -0.2) is 37.6 Å². The first-order valence-corrected chi connectivity index (χ1v) is 11.0. The molecule has 0 aliphatic rings. The maximum atomic E-state index is 12.9. The Balaban J connectivity index is 1.38. The molecule has 0 saturated heterocycles. The summed E-state index contributed by atoms with van der Waals surface area (Å²) in [5.41, 5.74) is 6.06. The predicted molar refractivity (Wildman–Crippen MR) is 134 cm³/mol. The highest BCUT2D eigenvalue weighted by Crippen LogP contribution is 2.24. The Morgan fingerprint density at radius 3 is 2.35 bits per heavy atom. The third-order valence-electron chi connectivity index (χ3n) is 5.51. The molecular formula is C28H23N5O. The summed E-state index contributed by atoms with van der Waals surface area (Å²) < 4.78 is 1.86. The molecule has 166 valence electrons. The number of benzene rings is 3. The summed E-state index contributed by atoms with van der Waals surface area (Å²) in [6.45, 7) is 0.420. The lowest BCUT2D eigenvalue weighted by Gasteiger charge is -2.15. The Hall–Kier alpha value is -4.58. The number of fused-ring (bicyclic) bond motifs is 1. The number of amides is 1. The van der Waals surface area contributed by atoms with E-state index in [0.29, 0.717) is 12.2 Å². The van der Waals surface area contributed by atoms with Gasteiger partial charge in [0.2, 0.25) is 5.91 Å². The summed E-state index contributed by atoms with van der Waals surface area (Å²) in [7, 11) is 1.79. The lowest BCUT2D eigenvalue weighted by molar-refractivity contribution is -0.125. The van der Waals surface area contributed by atoms with Crippen LogP contribution in [-0.2, 0) is 11.3 Å². The van der Waals surface area contributed by atoms with E-state index in [4.69, 9.17) is 5.10 Å². The highest BCUT2D eigenvalue weighted by molar-refractivity contribution is 5.91. The predicted octanol–water partition coefficient (Wildman–Crippen LogP) is 5.15. The number of hydrogen-bond donors (Lipinski definition) is 0. The monoisotopic (exact) mass is 445 g/mol. The van der Waals surface area contributed by atoms with E-state index in [2.05, 4.69) is 9.97 Å². The second-order valence-corrected chi connectivity index (χ2v) is 7.96. The summed E-state index contributed by atoms with van der Waals surface area (Å²) in [6.07, 6.45) is 6.88. The largest absolute Gasteiger partial charge is 0.338 e. The van der Waals surface area contributed by atoms with E-state index in [1.165, 1.54) is 6.08 Å². The Labute approximate surface area is 197 Å². The normalized spacial score (nSPS) is 11.2. The van der Waals surface area contributed by atoms with Gasteiger partial charge in [-0.2, -0.15) is 5.10 Å². The molecule has 0 bridgehead atoms. The Bertz CT molecular complexity index is 1460. The smallest absolute Gasteiger partial charge is 0.246 e. The zero-order chi connectivity index (χ0) is 23.3. The molecular weight excluding hydrogens is 422 g/mol. The van der Waals surface area contributed by atoms with Crippen LogP contribution in [0.15, 0.2) is 103 Å². The van der Waals surface area contributed by atoms with Crippen molar-refractivity contribution in [3.05, 3.63) is 115 Å². The van der Waals surface area contributed by atoms with E-state index >= 15 is 0 Å². The molecule has 0 saturated carbocycles. The summed E-state index contributed by atoms with van der Waals surface area (Å²) in [4.78, 5) is 23.5. The van der Waals surface area contributed by atoms with Crippen LogP contribution in [0.25, 0.3) is 34.1 Å². The molecule has 0 radical (unpaired) electrons. The van der Waals surface area contributed by atoms with E-state index in [0.717, 1.165) is 33.5 Å². The molecule has 5 rings (SSSR count). The highest BCUT2D eigenvalue weighted by atomic mass is 16.2. The zero-order valence-corrected chi connectivity index (χ0v) is 18.7. The third-order valence-corrected chi connectivity index (χ3v) is 5.51. The van der Waals surface area contributed by atoms with Gasteiger partial charge in [-0.1, -0.05) is 60.7 Å². The lowest BCUT2D eigenvalue weighted by atomic mass is 10.1. The minimum Gasteiger partial charge on any atom is -0.338 e. The van der Waals surface area contributed by atoms with Crippen LogP contribution >= 0.6 is 0 Å². The van der Waals surface area contributed by atoms with Crippen molar-refractivity contribution in [1.29, 1.82) is 0 Å². The van der Waals surface area contributed by atoms with Crippen molar-refractivity contribution < 1.29 is 4.79 Å². The van der Waals surface area contributed by atoms with Gasteiger partial charge in [-0.05, 0) is 30.3 Å².